The quantitative estimate of drug-likeness (QED) is 0.194. The number of aromatic nitrogens is 4. The molecule has 212 valence electrons. The van der Waals surface area contributed by atoms with Crippen LogP contribution in [0.15, 0.2) is 146 Å². The lowest BCUT2D eigenvalue weighted by Crippen LogP contribution is -1.93. The van der Waals surface area contributed by atoms with E-state index in [1.54, 1.807) is 6.20 Å². The van der Waals surface area contributed by atoms with Crippen LogP contribution in [-0.4, -0.2) is 19.9 Å². The second-order valence-electron chi connectivity index (χ2n) is 11.9. The van der Waals surface area contributed by atoms with Crippen LogP contribution in [0.4, 0.5) is 0 Å². The van der Waals surface area contributed by atoms with E-state index in [0.717, 1.165) is 60.9 Å². The first-order chi connectivity index (χ1) is 22.8. The first kappa shape index (κ1) is 25.1. The maximum Gasteiger partial charge on any atom is 0.0973 e. The highest BCUT2D eigenvalue weighted by Crippen LogP contribution is 2.42. The van der Waals surface area contributed by atoms with E-state index >= 15 is 0 Å². The molecule has 0 saturated heterocycles. The average molecular weight is 585 g/mol. The molecule has 0 N–H and O–H groups in total. The Morgan fingerprint density at radius 1 is 0.391 bits per heavy atom. The summed E-state index contributed by atoms with van der Waals surface area (Å²) in [7, 11) is 0. The number of hydrogen-bond donors (Lipinski definition) is 0. The van der Waals surface area contributed by atoms with Gasteiger partial charge in [-0.05, 0) is 74.3 Å². The highest BCUT2D eigenvalue weighted by Gasteiger charge is 2.16. The zero-order chi connectivity index (χ0) is 30.2. The molecule has 6 aromatic carbocycles. The van der Waals surface area contributed by atoms with Crippen LogP contribution in [0.2, 0.25) is 0 Å². The largest absolute Gasteiger partial charge is 0.256 e. The van der Waals surface area contributed by atoms with Crippen LogP contribution in [-0.2, 0) is 0 Å². The minimum absolute atomic E-state index is 0.841. The van der Waals surface area contributed by atoms with E-state index in [-0.39, 0.29) is 0 Å². The summed E-state index contributed by atoms with van der Waals surface area (Å²) in [6, 6.07) is 47.0. The number of nitrogens with zero attached hydrogens (tertiary/aromatic N) is 4. The molecule has 0 atom stereocenters. The molecule has 0 bridgehead atoms. The Hall–Kier alpha value is -6.26. The minimum atomic E-state index is 0.841. The van der Waals surface area contributed by atoms with E-state index in [1.807, 2.05) is 36.5 Å². The molecule has 0 aliphatic carbocycles. The van der Waals surface area contributed by atoms with Crippen molar-refractivity contribution in [3.8, 4) is 33.8 Å². The Balaban J connectivity index is 1.19. The van der Waals surface area contributed by atoms with Gasteiger partial charge in [-0.1, -0.05) is 97.1 Å². The first-order valence-electron chi connectivity index (χ1n) is 15.5. The van der Waals surface area contributed by atoms with Crippen molar-refractivity contribution in [1.29, 1.82) is 0 Å². The summed E-state index contributed by atoms with van der Waals surface area (Å²) in [4.78, 5) is 19.7. The van der Waals surface area contributed by atoms with Gasteiger partial charge in [0.15, 0.2) is 0 Å². The van der Waals surface area contributed by atoms with E-state index in [0.29, 0.717) is 0 Å². The number of para-hydroxylation sites is 1. The van der Waals surface area contributed by atoms with Crippen LogP contribution >= 0.6 is 0 Å². The molecule has 4 heteroatoms. The molecule has 0 unspecified atom stereocenters. The maximum atomic E-state index is 5.29. The topological polar surface area (TPSA) is 51.6 Å². The summed E-state index contributed by atoms with van der Waals surface area (Å²) in [5.74, 6) is 0. The summed E-state index contributed by atoms with van der Waals surface area (Å²) in [6.45, 7) is 0. The Kier molecular flexibility index (Phi) is 5.25. The van der Waals surface area contributed by atoms with E-state index < -0.39 is 0 Å². The summed E-state index contributed by atoms with van der Waals surface area (Å²) < 4.78 is 0. The first-order valence-corrected chi connectivity index (χ1v) is 15.5. The molecule has 10 aromatic rings. The van der Waals surface area contributed by atoms with Gasteiger partial charge in [0.05, 0.1) is 33.6 Å². The van der Waals surface area contributed by atoms with E-state index in [2.05, 4.69) is 108 Å². The van der Waals surface area contributed by atoms with Crippen molar-refractivity contribution in [3.63, 3.8) is 0 Å². The smallest absolute Gasteiger partial charge is 0.0973 e. The monoisotopic (exact) mass is 584 g/mol. The third-order valence-corrected chi connectivity index (χ3v) is 9.29. The lowest BCUT2D eigenvalue weighted by Gasteiger charge is -2.16. The van der Waals surface area contributed by atoms with Crippen LogP contribution < -0.4 is 0 Å². The Morgan fingerprint density at radius 2 is 1.00 bits per heavy atom. The van der Waals surface area contributed by atoms with Gasteiger partial charge in [0.25, 0.3) is 0 Å². The van der Waals surface area contributed by atoms with Crippen molar-refractivity contribution in [1.82, 2.24) is 19.9 Å². The van der Waals surface area contributed by atoms with Crippen LogP contribution in [0.25, 0.3) is 98.8 Å². The SMILES string of the molecule is c1ccc(-c2ccc3ccc4ccc(-c5ccc6ccc7c(-c8cnc9ccccc9c8)ccc8ccc5c6c87)nc4c3n2)nc1. The molecule has 4 nitrogen and oxygen atoms in total. The van der Waals surface area contributed by atoms with Crippen molar-refractivity contribution in [3.05, 3.63) is 146 Å². The van der Waals surface area contributed by atoms with E-state index in [1.165, 1.54) is 37.9 Å². The predicted octanol–water partition coefficient (Wildman–Crippen LogP) is 10.6. The molecule has 10 rings (SSSR count). The third kappa shape index (κ3) is 3.74. The van der Waals surface area contributed by atoms with Crippen molar-refractivity contribution in [2.75, 3.05) is 0 Å². The number of rotatable bonds is 3. The fourth-order valence-electron chi connectivity index (χ4n) is 7.07. The average Bonchev–Trinajstić information content (AvgIpc) is 3.13. The molecule has 46 heavy (non-hydrogen) atoms. The van der Waals surface area contributed by atoms with Gasteiger partial charge < -0.3 is 0 Å². The van der Waals surface area contributed by atoms with Gasteiger partial charge in [-0.3, -0.25) is 9.97 Å². The van der Waals surface area contributed by atoms with Crippen LogP contribution in [0.1, 0.15) is 0 Å². The van der Waals surface area contributed by atoms with Crippen LogP contribution in [0.3, 0.4) is 0 Å². The fraction of sp³-hybridized carbons (Fsp3) is 0. The van der Waals surface area contributed by atoms with Gasteiger partial charge in [-0.2, -0.15) is 0 Å². The zero-order valence-corrected chi connectivity index (χ0v) is 24.6. The van der Waals surface area contributed by atoms with Gasteiger partial charge in [-0.15, -0.1) is 0 Å². The molecule has 0 amide bonds. The number of hydrogen-bond acceptors (Lipinski definition) is 4. The molecule has 0 spiro atoms. The van der Waals surface area contributed by atoms with Gasteiger partial charge >= 0.3 is 0 Å². The van der Waals surface area contributed by atoms with Crippen LogP contribution in [0.5, 0.6) is 0 Å². The summed E-state index contributed by atoms with van der Waals surface area (Å²) >= 11 is 0. The number of benzene rings is 6. The highest BCUT2D eigenvalue weighted by atomic mass is 14.8. The summed E-state index contributed by atoms with van der Waals surface area (Å²) in [6.07, 6.45) is 3.80. The Labute approximate surface area is 264 Å². The van der Waals surface area contributed by atoms with Gasteiger partial charge in [-0.25, -0.2) is 9.97 Å². The predicted molar refractivity (Wildman–Crippen MR) is 190 cm³/mol. The third-order valence-electron chi connectivity index (χ3n) is 9.29. The minimum Gasteiger partial charge on any atom is -0.256 e. The van der Waals surface area contributed by atoms with E-state index in [9.17, 15) is 0 Å². The molecular weight excluding hydrogens is 560 g/mol. The molecule has 0 saturated carbocycles. The molecule has 0 radical (unpaired) electrons. The summed E-state index contributed by atoms with van der Waals surface area (Å²) in [5.41, 5.74) is 8.83. The highest BCUT2D eigenvalue weighted by molar-refractivity contribution is 6.27. The van der Waals surface area contributed by atoms with E-state index in [4.69, 9.17) is 15.0 Å². The fourth-order valence-corrected chi connectivity index (χ4v) is 7.07. The summed E-state index contributed by atoms with van der Waals surface area (Å²) in [5, 5.41) is 10.7. The van der Waals surface area contributed by atoms with Crippen molar-refractivity contribution < 1.29 is 0 Å². The van der Waals surface area contributed by atoms with Crippen molar-refractivity contribution in [2.45, 2.75) is 0 Å². The number of fused-ring (bicyclic) bond motifs is 4. The van der Waals surface area contributed by atoms with Crippen LogP contribution in [0, 0.1) is 0 Å². The number of pyridine rings is 4. The molecular formula is C42H24N4. The Morgan fingerprint density at radius 3 is 1.76 bits per heavy atom. The molecule has 4 heterocycles. The zero-order valence-electron chi connectivity index (χ0n) is 24.6. The lowest BCUT2D eigenvalue weighted by molar-refractivity contribution is 1.27. The van der Waals surface area contributed by atoms with Gasteiger partial charge in [0, 0.05) is 39.7 Å². The van der Waals surface area contributed by atoms with Gasteiger partial charge in [0.1, 0.15) is 0 Å². The van der Waals surface area contributed by atoms with Crippen molar-refractivity contribution >= 4 is 65.0 Å². The Bertz CT molecular complexity index is 2810. The standard InChI is InChI=1S/C42H24N4/c1-2-6-35-29(5-1)23-30(24-44-35)31-16-10-25-13-19-34-32(17-11-26-12-18-33(31)39(25)40(26)34)36-20-14-27-8-9-28-15-21-38(37-7-3-4-22-43-37)46-42(28)41(27)45-36/h1-24H. The lowest BCUT2D eigenvalue weighted by atomic mass is 9.88. The van der Waals surface area contributed by atoms with Crippen molar-refractivity contribution in [2.24, 2.45) is 0 Å². The van der Waals surface area contributed by atoms with Gasteiger partial charge in [0.2, 0.25) is 0 Å². The second-order valence-corrected chi connectivity index (χ2v) is 11.9. The normalized spacial score (nSPS) is 11.9. The second kappa shape index (κ2) is 9.62. The molecule has 0 fully saturated rings. The molecule has 0 aliphatic heterocycles. The maximum absolute atomic E-state index is 5.29. The molecule has 0 aliphatic rings. The molecule has 4 aromatic heterocycles.